The quantitative estimate of drug-likeness (QED) is 0.822. The summed E-state index contributed by atoms with van der Waals surface area (Å²) in [4.78, 5) is 19.0. The van der Waals surface area contributed by atoms with Crippen LogP contribution in [-0.4, -0.2) is 5.91 Å². The molecule has 1 amide bonds. The van der Waals surface area contributed by atoms with Gasteiger partial charge in [0.15, 0.2) is 0 Å². The number of carbonyl (C=O) groups is 1. The van der Waals surface area contributed by atoms with E-state index in [1.54, 1.807) is 0 Å². The van der Waals surface area contributed by atoms with Gasteiger partial charge in [-0.05, 0) is 36.1 Å². The Bertz CT molecular complexity index is 738. The fourth-order valence-corrected chi connectivity index (χ4v) is 3.97. The van der Waals surface area contributed by atoms with Crippen LogP contribution in [0.5, 0.6) is 0 Å². The number of nitrogens with zero attached hydrogens (tertiary/aromatic N) is 1. The third kappa shape index (κ3) is 2.35. The van der Waals surface area contributed by atoms with Crippen molar-refractivity contribution >= 4 is 23.2 Å². The smallest absolute Gasteiger partial charge is 0.261 e. The van der Waals surface area contributed by atoms with Gasteiger partial charge in [-0.15, -0.1) is 0 Å². The molecule has 0 N–H and O–H groups in total. The van der Waals surface area contributed by atoms with Gasteiger partial charge in [-0.3, -0.25) is 9.63 Å². The van der Waals surface area contributed by atoms with Gasteiger partial charge in [0.2, 0.25) is 0 Å². The monoisotopic (exact) mass is 327 g/mol. The zero-order valence-corrected chi connectivity index (χ0v) is 13.6. The summed E-state index contributed by atoms with van der Waals surface area (Å²) < 4.78 is 0. The number of amides is 1. The molecule has 1 aliphatic carbocycles. The molecule has 1 heterocycles. The average molecular weight is 328 g/mol. The number of fused-ring (bicyclic) bond motifs is 2. The molecule has 4 heteroatoms. The highest BCUT2D eigenvalue weighted by molar-refractivity contribution is 6.31. The van der Waals surface area contributed by atoms with Crippen LogP contribution < -0.4 is 5.06 Å². The zero-order chi connectivity index (χ0) is 15.9. The first-order valence-corrected chi connectivity index (χ1v) is 8.40. The van der Waals surface area contributed by atoms with Crippen LogP contribution in [0.3, 0.4) is 0 Å². The van der Waals surface area contributed by atoms with Crippen molar-refractivity contribution in [2.75, 3.05) is 5.06 Å². The number of benzene rings is 2. The summed E-state index contributed by atoms with van der Waals surface area (Å²) in [5.41, 5.74) is 2.51. The molecule has 2 aromatic rings. The second-order valence-corrected chi connectivity index (χ2v) is 6.75. The van der Waals surface area contributed by atoms with Crippen molar-refractivity contribution < 1.29 is 9.63 Å². The predicted molar refractivity (Wildman–Crippen MR) is 90.3 cm³/mol. The molecule has 0 radical (unpaired) electrons. The Labute approximate surface area is 140 Å². The van der Waals surface area contributed by atoms with Gasteiger partial charge in [0.05, 0.1) is 11.1 Å². The lowest BCUT2D eigenvalue weighted by Crippen LogP contribution is -2.38. The van der Waals surface area contributed by atoms with Crippen molar-refractivity contribution in [1.29, 1.82) is 0 Å². The summed E-state index contributed by atoms with van der Waals surface area (Å²) in [7, 11) is 0. The highest BCUT2D eigenvalue weighted by atomic mass is 35.5. The van der Waals surface area contributed by atoms with Gasteiger partial charge in [-0.1, -0.05) is 60.8 Å². The summed E-state index contributed by atoms with van der Waals surface area (Å²) in [6, 6.07) is 15.6. The van der Waals surface area contributed by atoms with E-state index in [0.29, 0.717) is 11.6 Å². The maximum atomic E-state index is 13.1. The Kier molecular flexibility index (Phi) is 3.63. The van der Waals surface area contributed by atoms with E-state index in [4.69, 9.17) is 16.4 Å². The van der Waals surface area contributed by atoms with Crippen LogP contribution in [0.25, 0.3) is 0 Å². The summed E-state index contributed by atoms with van der Waals surface area (Å²) in [6.45, 7) is 0.370. The Hall–Kier alpha value is -1.84. The highest BCUT2D eigenvalue weighted by Gasteiger charge is 2.53. The summed E-state index contributed by atoms with van der Waals surface area (Å²) >= 11 is 6.16. The zero-order valence-electron chi connectivity index (χ0n) is 12.8. The van der Waals surface area contributed by atoms with Gasteiger partial charge >= 0.3 is 0 Å². The Morgan fingerprint density at radius 1 is 1.09 bits per heavy atom. The highest BCUT2D eigenvalue weighted by Crippen LogP contribution is 2.52. The number of carbonyl (C=O) groups excluding carboxylic acids is 1. The number of halogens is 1. The largest absolute Gasteiger partial charge is 0.271 e. The maximum Gasteiger partial charge on any atom is 0.261 e. The molecule has 0 aromatic heterocycles. The van der Waals surface area contributed by atoms with Crippen molar-refractivity contribution in [1.82, 2.24) is 0 Å². The number of rotatable bonds is 3. The summed E-state index contributed by atoms with van der Waals surface area (Å²) in [5, 5.41) is 2.10. The molecule has 1 fully saturated rings. The van der Waals surface area contributed by atoms with Crippen molar-refractivity contribution in [3.05, 3.63) is 64.7 Å². The van der Waals surface area contributed by atoms with E-state index < -0.39 is 5.41 Å². The maximum absolute atomic E-state index is 13.1. The molecule has 1 spiro atoms. The molecule has 0 bridgehead atoms. The van der Waals surface area contributed by atoms with Gasteiger partial charge in [-0.2, -0.15) is 5.06 Å². The van der Waals surface area contributed by atoms with Crippen LogP contribution in [0.2, 0.25) is 5.02 Å². The van der Waals surface area contributed by atoms with Crippen LogP contribution >= 0.6 is 11.6 Å². The fraction of sp³-hybridized carbons (Fsp3) is 0.316. The number of anilines is 1. The van der Waals surface area contributed by atoms with Crippen molar-refractivity contribution in [2.45, 2.75) is 37.7 Å². The lowest BCUT2D eigenvalue weighted by molar-refractivity contribution is -0.130. The van der Waals surface area contributed by atoms with Crippen molar-refractivity contribution in [3.8, 4) is 0 Å². The molecule has 118 valence electrons. The van der Waals surface area contributed by atoms with Crippen LogP contribution in [-0.2, 0) is 21.7 Å². The molecule has 0 unspecified atom stereocenters. The molecule has 1 saturated carbocycles. The molecular formula is C19H18ClNO2. The Morgan fingerprint density at radius 2 is 1.83 bits per heavy atom. The molecule has 1 aliphatic heterocycles. The topological polar surface area (TPSA) is 29.5 Å². The second kappa shape index (κ2) is 5.66. The van der Waals surface area contributed by atoms with E-state index in [1.807, 2.05) is 48.5 Å². The van der Waals surface area contributed by atoms with Crippen LogP contribution in [0.15, 0.2) is 48.5 Å². The molecule has 2 aliphatic rings. The lowest BCUT2D eigenvalue weighted by Gasteiger charge is -2.22. The van der Waals surface area contributed by atoms with Crippen molar-refractivity contribution in [2.24, 2.45) is 0 Å². The standard InChI is InChI=1S/C19H18ClNO2/c20-15-8-9-16-17(12-15)21(18(22)19(16)10-4-5-11-19)23-13-14-6-2-1-3-7-14/h1-3,6-9,12H,4-5,10-11,13H2. The third-order valence-electron chi connectivity index (χ3n) is 4.95. The SMILES string of the molecule is O=C1N(OCc2ccccc2)c2cc(Cl)ccc2C12CCCC2. The molecule has 23 heavy (non-hydrogen) atoms. The van der Waals surface area contributed by atoms with Gasteiger partial charge in [-0.25, -0.2) is 0 Å². The van der Waals surface area contributed by atoms with E-state index in [-0.39, 0.29) is 5.91 Å². The molecule has 0 atom stereocenters. The minimum absolute atomic E-state index is 0.0585. The van der Waals surface area contributed by atoms with E-state index in [9.17, 15) is 4.79 Å². The van der Waals surface area contributed by atoms with E-state index >= 15 is 0 Å². The summed E-state index contributed by atoms with van der Waals surface area (Å²) in [6.07, 6.45) is 3.96. The number of hydrogen-bond donors (Lipinski definition) is 0. The van der Waals surface area contributed by atoms with Gasteiger partial charge in [0, 0.05) is 5.02 Å². The molecule has 4 rings (SSSR count). The fourth-order valence-electron chi connectivity index (χ4n) is 3.80. The molecule has 2 aromatic carbocycles. The van der Waals surface area contributed by atoms with Gasteiger partial charge < -0.3 is 0 Å². The van der Waals surface area contributed by atoms with E-state index in [0.717, 1.165) is 42.5 Å². The minimum atomic E-state index is -0.406. The van der Waals surface area contributed by atoms with Gasteiger partial charge in [0.25, 0.3) is 5.91 Å². The van der Waals surface area contributed by atoms with E-state index in [2.05, 4.69) is 0 Å². The summed E-state index contributed by atoms with van der Waals surface area (Å²) in [5.74, 6) is 0.0585. The minimum Gasteiger partial charge on any atom is -0.271 e. The molecule has 0 saturated heterocycles. The Morgan fingerprint density at radius 3 is 2.57 bits per heavy atom. The van der Waals surface area contributed by atoms with Crippen LogP contribution in [0.4, 0.5) is 5.69 Å². The second-order valence-electron chi connectivity index (χ2n) is 6.31. The lowest BCUT2D eigenvalue weighted by atomic mass is 9.80. The van der Waals surface area contributed by atoms with Crippen LogP contribution in [0, 0.1) is 0 Å². The van der Waals surface area contributed by atoms with Gasteiger partial charge in [0.1, 0.15) is 6.61 Å². The first kappa shape index (κ1) is 14.7. The Balaban J connectivity index is 1.67. The normalized spacial score (nSPS) is 18.7. The number of hydroxylamine groups is 1. The molecule has 3 nitrogen and oxygen atoms in total. The first-order chi connectivity index (χ1) is 11.2. The first-order valence-electron chi connectivity index (χ1n) is 8.02. The van der Waals surface area contributed by atoms with E-state index in [1.165, 1.54) is 5.06 Å². The molecular weight excluding hydrogens is 310 g/mol. The predicted octanol–water partition coefficient (Wildman–Crippen LogP) is 4.63. The van der Waals surface area contributed by atoms with Crippen molar-refractivity contribution in [3.63, 3.8) is 0 Å². The average Bonchev–Trinajstić information content (AvgIpc) is 3.14. The van der Waals surface area contributed by atoms with Crippen LogP contribution in [0.1, 0.15) is 36.8 Å². The third-order valence-corrected chi connectivity index (χ3v) is 5.18. The number of hydrogen-bond acceptors (Lipinski definition) is 2.